The number of halogens is 2. The zero-order valence-electron chi connectivity index (χ0n) is 3.64. The molecule has 0 aliphatic carbocycles. The summed E-state index contributed by atoms with van der Waals surface area (Å²) in [6.45, 7) is 6.25. The Labute approximate surface area is 57.9 Å². The van der Waals surface area contributed by atoms with Crippen molar-refractivity contribution in [3.05, 3.63) is 18.9 Å². The highest BCUT2D eigenvalue weighted by molar-refractivity contribution is 7.00. The molecular weight excluding hydrogens is 154 g/mol. The Kier molecular flexibility index (Phi) is 450. The largest absolute Gasteiger partial charge is 0.279 e. The summed E-state index contributed by atoms with van der Waals surface area (Å²) in [6.07, 6.45) is 0. The summed E-state index contributed by atoms with van der Waals surface area (Å²) in [5.74, 6) is 0. The van der Waals surface area contributed by atoms with Gasteiger partial charge < -0.3 is 0 Å². The quantitative estimate of drug-likeness (QED) is 0.393. The van der Waals surface area contributed by atoms with E-state index in [1.807, 2.05) is 0 Å². The standard InChI is InChI=1S/C3H4.2ClH.HOP/c1-3-2;;;1-2/h1-2H2;2*1H;2H. The molecule has 0 aromatic heterocycles. The van der Waals surface area contributed by atoms with Gasteiger partial charge in [-0.3, -0.25) is 4.57 Å². The van der Waals surface area contributed by atoms with Gasteiger partial charge in [0, 0.05) is 0 Å². The molecule has 0 unspecified atom stereocenters. The molecule has 0 aliphatic rings. The van der Waals surface area contributed by atoms with Gasteiger partial charge in [-0.15, -0.1) is 30.5 Å². The third-order valence-electron chi connectivity index (χ3n) is 0. The van der Waals surface area contributed by atoms with Crippen LogP contribution in [0, 0.1) is 0 Å². The van der Waals surface area contributed by atoms with E-state index >= 15 is 0 Å². The van der Waals surface area contributed by atoms with Crippen LogP contribution in [0.2, 0.25) is 0 Å². The van der Waals surface area contributed by atoms with E-state index in [4.69, 9.17) is 4.57 Å². The lowest BCUT2D eigenvalue weighted by atomic mass is 11.0. The molecule has 0 amide bonds. The summed E-state index contributed by atoms with van der Waals surface area (Å²) < 4.78 is 8.06. The molecule has 0 saturated carbocycles. The first-order chi connectivity index (χ1) is 2.41. The number of hydrogen-bond acceptors (Lipinski definition) is 1. The van der Waals surface area contributed by atoms with Crippen LogP contribution in [0.25, 0.3) is 0 Å². The predicted octanol–water partition coefficient (Wildman–Crippen LogP) is 2.28. The van der Waals surface area contributed by atoms with E-state index in [2.05, 4.69) is 18.9 Å². The molecule has 0 atom stereocenters. The Morgan fingerprint density at radius 3 is 1.14 bits per heavy atom. The summed E-state index contributed by atoms with van der Waals surface area (Å²) in [4.78, 5) is 0. The average molecular weight is 161 g/mol. The van der Waals surface area contributed by atoms with Crippen LogP contribution in [-0.2, 0) is 4.57 Å². The van der Waals surface area contributed by atoms with Crippen molar-refractivity contribution in [2.45, 2.75) is 0 Å². The fourth-order valence-corrected chi connectivity index (χ4v) is 0. The van der Waals surface area contributed by atoms with Crippen molar-refractivity contribution in [3.63, 3.8) is 0 Å². The molecule has 4 heteroatoms. The minimum atomic E-state index is 0. The monoisotopic (exact) mass is 160 g/mol. The van der Waals surface area contributed by atoms with Gasteiger partial charge >= 0.3 is 0 Å². The van der Waals surface area contributed by atoms with Crippen molar-refractivity contribution in [1.29, 1.82) is 0 Å². The topological polar surface area (TPSA) is 17.1 Å². The Balaban J connectivity index is -0.0000000105. The van der Waals surface area contributed by atoms with Crippen LogP contribution in [0.5, 0.6) is 0 Å². The van der Waals surface area contributed by atoms with Gasteiger partial charge in [0.15, 0.2) is 0 Å². The molecule has 0 aromatic rings. The second-order valence-electron chi connectivity index (χ2n) is 0.250. The maximum absolute atomic E-state index is 8.06. The molecule has 7 heavy (non-hydrogen) atoms. The fraction of sp³-hybridized carbons (Fsp3) is 0. The van der Waals surface area contributed by atoms with Gasteiger partial charge in [0.05, 0.1) is 0 Å². The molecule has 0 rings (SSSR count). The zero-order chi connectivity index (χ0) is 4.71. The second-order valence-corrected chi connectivity index (χ2v) is 0.250. The number of hydrogen-bond donors (Lipinski definition) is 0. The van der Waals surface area contributed by atoms with E-state index in [1.54, 1.807) is 9.12 Å². The van der Waals surface area contributed by atoms with E-state index in [-0.39, 0.29) is 24.8 Å². The molecule has 0 spiro atoms. The van der Waals surface area contributed by atoms with Crippen LogP contribution in [0.3, 0.4) is 0 Å². The third-order valence-corrected chi connectivity index (χ3v) is 0. The molecule has 44 valence electrons. The lowest BCUT2D eigenvalue weighted by Gasteiger charge is -1.10. The van der Waals surface area contributed by atoms with Crippen LogP contribution >= 0.6 is 33.9 Å². The Morgan fingerprint density at radius 1 is 1.14 bits per heavy atom. The summed E-state index contributed by atoms with van der Waals surface area (Å²) in [5.41, 5.74) is 2.25. The molecule has 0 aliphatic heterocycles. The Hall–Kier alpha value is 0.200. The first-order valence-corrected chi connectivity index (χ1v) is 1.32. The van der Waals surface area contributed by atoms with Crippen molar-refractivity contribution in [1.82, 2.24) is 0 Å². The van der Waals surface area contributed by atoms with E-state index in [9.17, 15) is 0 Å². The van der Waals surface area contributed by atoms with Crippen LogP contribution in [0.15, 0.2) is 18.9 Å². The van der Waals surface area contributed by atoms with Crippen LogP contribution in [0.4, 0.5) is 0 Å². The summed E-state index contributed by atoms with van der Waals surface area (Å²) in [7, 11) is 1.72. The zero-order valence-corrected chi connectivity index (χ0v) is 6.27. The highest BCUT2D eigenvalue weighted by Crippen LogP contribution is 1.23. The van der Waals surface area contributed by atoms with Gasteiger partial charge in [-0.2, -0.15) is 0 Å². The lowest BCUT2D eigenvalue weighted by Crippen LogP contribution is -0.844. The fourth-order valence-electron chi connectivity index (χ4n) is 0. The third kappa shape index (κ3) is 2730. The molecule has 0 bridgehead atoms. The van der Waals surface area contributed by atoms with Gasteiger partial charge in [-0.25, -0.2) is 0 Å². The summed E-state index contributed by atoms with van der Waals surface area (Å²) in [6, 6.07) is 0. The van der Waals surface area contributed by atoms with E-state index in [1.165, 1.54) is 0 Å². The van der Waals surface area contributed by atoms with Crippen molar-refractivity contribution >= 4 is 33.9 Å². The normalized spacial score (nSPS) is 1.71. The molecule has 0 aromatic carbocycles. The van der Waals surface area contributed by atoms with Crippen molar-refractivity contribution < 1.29 is 4.57 Å². The van der Waals surface area contributed by atoms with Gasteiger partial charge in [0.2, 0.25) is 0 Å². The van der Waals surface area contributed by atoms with Gasteiger partial charge in [-0.05, 0) is 0 Å². The lowest BCUT2D eigenvalue weighted by molar-refractivity contribution is 0.607. The van der Waals surface area contributed by atoms with Gasteiger partial charge in [0.25, 0.3) is 0 Å². The summed E-state index contributed by atoms with van der Waals surface area (Å²) >= 11 is 0. The first kappa shape index (κ1) is 27.0. The molecule has 0 saturated heterocycles. The summed E-state index contributed by atoms with van der Waals surface area (Å²) in [5, 5.41) is 0. The van der Waals surface area contributed by atoms with Crippen LogP contribution in [-0.4, -0.2) is 0 Å². The highest BCUT2D eigenvalue weighted by Gasteiger charge is 0.904. The van der Waals surface area contributed by atoms with Crippen LogP contribution in [0.1, 0.15) is 0 Å². The van der Waals surface area contributed by atoms with E-state index < -0.39 is 0 Å². The Morgan fingerprint density at radius 2 is 1.14 bits per heavy atom. The molecule has 0 N–H and O–H groups in total. The molecule has 1 nitrogen and oxygen atoms in total. The van der Waals surface area contributed by atoms with Gasteiger partial charge in [0.1, 0.15) is 9.12 Å². The van der Waals surface area contributed by atoms with E-state index in [0.29, 0.717) is 0 Å². The average Bonchev–Trinajstić information content (AvgIpc) is 1.46. The van der Waals surface area contributed by atoms with Crippen molar-refractivity contribution in [2.24, 2.45) is 0 Å². The van der Waals surface area contributed by atoms with Crippen molar-refractivity contribution in [3.8, 4) is 0 Å². The minimum Gasteiger partial charge on any atom is -0.279 e. The minimum absolute atomic E-state index is 0. The molecule has 0 heterocycles. The van der Waals surface area contributed by atoms with Gasteiger partial charge in [-0.1, -0.05) is 13.2 Å². The number of rotatable bonds is 0. The molecular formula is C3H7Cl2OP. The van der Waals surface area contributed by atoms with E-state index in [0.717, 1.165) is 0 Å². The van der Waals surface area contributed by atoms with Crippen LogP contribution < -0.4 is 0 Å². The van der Waals surface area contributed by atoms with Crippen molar-refractivity contribution in [2.75, 3.05) is 0 Å². The smallest absolute Gasteiger partial charge is 0.138 e. The highest BCUT2D eigenvalue weighted by atomic mass is 35.5. The Bertz CT molecular complexity index is 42.2. The molecule has 0 radical (unpaired) electrons. The SMILES string of the molecule is C=C=C.Cl.Cl.O=P. The molecule has 0 fully saturated rings. The predicted molar refractivity (Wildman–Crippen MR) is 38.3 cm³/mol. The maximum atomic E-state index is 8.06. The first-order valence-electron chi connectivity index (χ1n) is 0.911. The second kappa shape index (κ2) is 116. The maximum Gasteiger partial charge on any atom is 0.138 e.